The molecule has 0 bridgehead atoms. The second-order valence-corrected chi connectivity index (χ2v) is 16.6. The van der Waals surface area contributed by atoms with Crippen molar-refractivity contribution in [3.05, 3.63) is 36.5 Å². The Kier molecular flexibility index (Phi) is 42.7. The van der Waals surface area contributed by atoms with Crippen LogP contribution in [0.5, 0.6) is 0 Å². The van der Waals surface area contributed by atoms with Crippen LogP contribution in [-0.4, -0.2) is 46.9 Å². The number of aliphatic hydroxyl groups is 2. The lowest BCUT2D eigenvalue weighted by Gasteiger charge is -2.24. The van der Waals surface area contributed by atoms with E-state index in [2.05, 4.69) is 62.5 Å². The van der Waals surface area contributed by atoms with Crippen LogP contribution < -0.4 is 5.32 Å². The third kappa shape index (κ3) is 38.9. The normalized spacial score (nSPS) is 13.6. The summed E-state index contributed by atoms with van der Waals surface area (Å²) >= 11 is 0. The molecule has 0 heterocycles. The molecule has 0 aliphatic carbocycles. The number of aliphatic hydroxyl groups excluding tert-OH is 2. The molecule has 0 aliphatic heterocycles. The van der Waals surface area contributed by atoms with Gasteiger partial charge in [-0.05, 0) is 51.4 Å². The summed E-state index contributed by atoms with van der Waals surface area (Å²) in [7, 11) is 0. The minimum absolute atomic E-state index is 0.0579. The maximum Gasteiger partial charge on any atom is 0.306 e. The van der Waals surface area contributed by atoms with Crippen molar-refractivity contribution in [3.63, 3.8) is 0 Å². The number of esters is 1. The number of rotatable bonds is 43. The SMILES string of the molecule is CCCCCCC/C=C/C=C/C=C/CCCCCC(CC(=O)NC(CO)C(O)CCCCCCCCCCCCC)OC(=O)CCCCCCCCCCCC. The zero-order valence-electron chi connectivity index (χ0n) is 37.3. The highest BCUT2D eigenvalue weighted by molar-refractivity contribution is 5.77. The number of carbonyl (C=O) groups is 2. The number of allylic oxidation sites excluding steroid dienone is 6. The summed E-state index contributed by atoms with van der Waals surface area (Å²) in [5.41, 5.74) is 0. The standard InChI is InChI=1S/C50H93NO5/c1-4-7-10-13-16-19-22-23-24-25-26-28-29-32-35-38-41-46(56-50(55)43-40-37-34-31-21-18-15-12-9-6-3)44-49(54)51-47(45-52)48(53)42-39-36-33-30-27-20-17-14-11-8-5-2/h22-26,28,46-48,52-53H,4-21,27,29-45H2,1-3H3,(H,51,54)/b23-22+,25-24+,28-26+. The molecule has 328 valence electrons. The fourth-order valence-corrected chi connectivity index (χ4v) is 7.31. The predicted octanol–water partition coefficient (Wildman–Crippen LogP) is 14.1. The largest absolute Gasteiger partial charge is 0.462 e. The number of amides is 1. The van der Waals surface area contributed by atoms with E-state index in [0.717, 1.165) is 70.6 Å². The molecule has 0 spiro atoms. The zero-order chi connectivity index (χ0) is 41.0. The number of ether oxygens (including phenoxy) is 1. The Balaban J connectivity index is 4.66. The van der Waals surface area contributed by atoms with E-state index < -0.39 is 18.2 Å². The van der Waals surface area contributed by atoms with E-state index in [4.69, 9.17) is 4.74 Å². The molecule has 0 saturated heterocycles. The summed E-state index contributed by atoms with van der Waals surface area (Å²) < 4.78 is 5.89. The molecule has 1 amide bonds. The Bertz CT molecular complexity index is 930. The second-order valence-electron chi connectivity index (χ2n) is 16.6. The lowest BCUT2D eigenvalue weighted by Crippen LogP contribution is -2.46. The van der Waals surface area contributed by atoms with E-state index in [1.54, 1.807) is 0 Å². The summed E-state index contributed by atoms with van der Waals surface area (Å²) in [5.74, 6) is -0.503. The maximum absolute atomic E-state index is 13.1. The number of nitrogens with one attached hydrogen (secondary N) is 1. The molecular formula is C50H93NO5. The highest BCUT2D eigenvalue weighted by atomic mass is 16.5. The van der Waals surface area contributed by atoms with Gasteiger partial charge >= 0.3 is 5.97 Å². The summed E-state index contributed by atoms with van der Waals surface area (Å²) in [4.78, 5) is 26.0. The van der Waals surface area contributed by atoms with Crippen molar-refractivity contribution in [3.8, 4) is 0 Å². The molecule has 0 aromatic carbocycles. The Morgan fingerprint density at radius 1 is 0.518 bits per heavy atom. The molecule has 0 saturated carbocycles. The maximum atomic E-state index is 13.1. The molecule has 56 heavy (non-hydrogen) atoms. The fraction of sp³-hybridized carbons (Fsp3) is 0.840. The average Bonchev–Trinajstić information content (AvgIpc) is 3.19. The van der Waals surface area contributed by atoms with E-state index in [1.165, 1.54) is 128 Å². The molecule has 3 atom stereocenters. The van der Waals surface area contributed by atoms with Crippen molar-refractivity contribution < 1.29 is 24.5 Å². The number of carbonyl (C=O) groups excluding carboxylic acids is 2. The van der Waals surface area contributed by atoms with E-state index >= 15 is 0 Å². The molecule has 0 aromatic rings. The van der Waals surface area contributed by atoms with Gasteiger partial charge in [0, 0.05) is 6.42 Å². The number of hydrogen-bond donors (Lipinski definition) is 3. The average molecular weight is 788 g/mol. The van der Waals surface area contributed by atoms with E-state index in [9.17, 15) is 19.8 Å². The molecule has 6 nitrogen and oxygen atoms in total. The van der Waals surface area contributed by atoms with Gasteiger partial charge in [0.15, 0.2) is 0 Å². The first-order valence-electron chi connectivity index (χ1n) is 24.2. The van der Waals surface area contributed by atoms with Gasteiger partial charge in [-0.25, -0.2) is 0 Å². The lowest BCUT2D eigenvalue weighted by atomic mass is 10.0. The van der Waals surface area contributed by atoms with Crippen LogP contribution in [0.4, 0.5) is 0 Å². The van der Waals surface area contributed by atoms with Crippen LogP contribution in [0, 0.1) is 0 Å². The van der Waals surface area contributed by atoms with Gasteiger partial charge in [0.05, 0.1) is 25.2 Å². The molecular weight excluding hydrogens is 695 g/mol. The first-order valence-corrected chi connectivity index (χ1v) is 24.2. The third-order valence-corrected chi connectivity index (χ3v) is 11.0. The Labute approximate surface area is 347 Å². The fourth-order valence-electron chi connectivity index (χ4n) is 7.31. The van der Waals surface area contributed by atoms with Gasteiger partial charge in [-0.1, -0.05) is 218 Å². The van der Waals surface area contributed by atoms with Crippen molar-refractivity contribution in [2.75, 3.05) is 6.61 Å². The van der Waals surface area contributed by atoms with Crippen LogP contribution in [-0.2, 0) is 14.3 Å². The predicted molar refractivity (Wildman–Crippen MR) is 241 cm³/mol. The Morgan fingerprint density at radius 3 is 1.38 bits per heavy atom. The summed E-state index contributed by atoms with van der Waals surface area (Å²) in [6, 6.07) is -0.708. The van der Waals surface area contributed by atoms with Gasteiger partial charge in [0.25, 0.3) is 0 Å². The van der Waals surface area contributed by atoms with Gasteiger partial charge in [0.1, 0.15) is 6.10 Å². The van der Waals surface area contributed by atoms with Crippen molar-refractivity contribution in [1.29, 1.82) is 0 Å². The van der Waals surface area contributed by atoms with E-state index in [-0.39, 0.29) is 24.9 Å². The number of unbranched alkanes of at least 4 members (excludes halogenated alkanes) is 27. The van der Waals surface area contributed by atoms with Gasteiger partial charge in [-0.3, -0.25) is 9.59 Å². The first-order chi connectivity index (χ1) is 27.5. The molecule has 3 N–H and O–H groups in total. The van der Waals surface area contributed by atoms with Crippen LogP contribution in [0.15, 0.2) is 36.5 Å². The van der Waals surface area contributed by atoms with Gasteiger partial charge in [-0.15, -0.1) is 0 Å². The highest BCUT2D eigenvalue weighted by Crippen LogP contribution is 2.17. The van der Waals surface area contributed by atoms with Crippen LogP contribution in [0.2, 0.25) is 0 Å². The molecule has 0 aliphatic rings. The zero-order valence-corrected chi connectivity index (χ0v) is 37.3. The van der Waals surface area contributed by atoms with Crippen molar-refractivity contribution >= 4 is 11.9 Å². The summed E-state index contributed by atoms with van der Waals surface area (Å²) in [6.45, 7) is 6.44. The summed E-state index contributed by atoms with van der Waals surface area (Å²) in [6.07, 6.45) is 50.6. The second kappa shape index (κ2) is 44.2. The molecule has 0 fully saturated rings. The minimum Gasteiger partial charge on any atom is -0.462 e. The minimum atomic E-state index is -0.793. The van der Waals surface area contributed by atoms with Crippen molar-refractivity contribution in [1.82, 2.24) is 5.32 Å². The van der Waals surface area contributed by atoms with Gasteiger partial charge in [0.2, 0.25) is 5.91 Å². The number of hydrogen-bond acceptors (Lipinski definition) is 5. The van der Waals surface area contributed by atoms with Crippen LogP contribution in [0.25, 0.3) is 0 Å². The van der Waals surface area contributed by atoms with Crippen LogP contribution >= 0.6 is 0 Å². The molecule has 6 heteroatoms. The first kappa shape index (κ1) is 54.1. The molecule has 0 rings (SSSR count). The van der Waals surface area contributed by atoms with E-state index in [1.807, 2.05) is 0 Å². The monoisotopic (exact) mass is 788 g/mol. The van der Waals surface area contributed by atoms with Crippen LogP contribution in [0.1, 0.15) is 245 Å². The molecule has 0 radical (unpaired) electrons. The van der Waals surface area contributed by atoms with Gasteiger partial charge in [-0.2, -0.15) is 0 Å². The van der Waals surface area contributed by atoms with Gasteiger partial charge < -0.3 is 20.3 Å². The third-order valence-electron chi connectivity index (χ3n) is 11.0. The van der Waals surface area contributed by atoms with Crippen molar-refractivity contribution in [2.24, 2.45) is 0 Å². The lowest BCUT2D eigenvalue weighted by molar-refractivity contribution is -0.151. The molecule has 0 aromatic heterocycles. The Hall–Kier alpha value is -1.92. The van der Waals surface area contributed by atoms with E-state index in [0.29, 0.717) is 19.3 Å². The topological polar surface area (TPSA) is 95.9 Å². The van der Waals surface area contributed by atoms with Crippen LogP contribution in [0.3, 0.4) is 0 Å². The summed E-state index contributed by atoms with van der Waals surface area (Å²) in [5, 5.41) is 23.7. The van der Waals surface area contributed by atoms with Crippen molar-refractivity contribution in [2.45, 2.75) is 264 Å². The Morgan fingerprint density at radius 2 is 0.911 bits per heavy atom. The molecule has 3 unspecified atom stereocenters. The quantitative estimate of drug-likeness (QED) is 0.0325. The highest BCUT2D eigenvalue weighted by Gasteiger charge is 2.24. The smallest absolute Gasteiger partial charge is 0.306 e.